The molecule has 1 amide bonds. The van der Waals surface area contributed by atoms with E-state index in [1.165, 1.54) is 23.8 Å². The molecule has 2 aromatic carbocycles. The lowest BCUT2D eigenvalue weighted by atomic mass is 10.1. The Balaban J connectivity index is 1.98. The highest BCUT2D eigenvalue weighted by atomic mass is 35.5. The molecule has 0 aliphatic carbocycles. The quantitative estimate of drug-likeness (QED) is 0.516. The van der Waals surface area contributed by atoms with E-state index in [9.17, 15) is 26.4 Å². The van der Waals surface area contributed by atoms with Gasteiger partial charge in [-0.05, 0) is 30.3 Å². The number of ether oxygens (including phenoxy) is 1. The van der Waals surface area contributed by atoms with Crippen LogP contribution in [0.15, 0.2) is 47.5 Å². The Morgan fingerprint density at radius 2 is 1.94 bits per heavy atom. The molecule has 0 saturated carbocycles. The van der Waals surface area contributed by atoms with Crippen molar-refractivity contribution in [3.05, 3.63) is 70.5 Å². The van der Waals surface area contributed by atoms with Crippen LogP contribution in [0.25, 0.3) is 5.69 Å². The lowest BCUT2D eigenvalue weighted by Crippen LogP contribution is -2.31. The maximum absolute atomic E-state index is 14.0. The van der Waals surface area contributed by atoms with Gasteiger partial charge in [-0.2, -0.15) is 0 Å². The molecule has 0 atom stereocenters. The minimum atomic E-state index is -4.40. The molecular formula is C21H19ClF3N3O4S. The van der Waals surface area contributed by atoms with Gasteiger partial charge < -0.3 is 9.30 Å². The molecule has 0 aliphatic heterocycles. The van der Waals surface area contributed by atoms with Crippen LogP contribution in [0, 0.1) is 5.82 Å². The molecule has 3 aromatic rings. The summed E-state index contributed by atoms with van der Waals surface area (Å²) in [5, 5.41) is -0.135. The molecule has 0 spiro atoms. The number of benzene rings is 2. The number of sulfonamides is 1. The zero-order valence-electron chi connectivity index (χ0n) is 17.7. The van der Waals surface area contributed by atoms with E-state index in [4.69, 9.17) is 16.3 Å². The second kappa shape index (κ2) is 9.06. The van der Waals surface area contributed by atoms with Gasteiger partial charge in [-0.15, -0.1) is 0 Å². The van der Waals surface area contributed by atoms with E-state index in [1.54, 1.807) is 6.92 Å². The molecule has 12 heteroatoms. The van der Waals surface area contributed by atoms with Crippen molar-refractivity contribution in [2.45, 2.75) is 31.1 Å². The van der Waals surface area contributed by atoms with Crippen molar-refractivity contribution in [2.24, 2.45) is 0 Å². The van der Waals surface area contributed by atoms with Crippen LogP contribution in [-0.2, 0) is 22.4 Å². The van der Waals surface area contributed by atoms with Crippen LogP contribution in [0.2, 0.25) is 5.02 Å². The number of aryl methyl sites for hydroxylation is 1. The molecule has 1 N–H and O–H groups in total. The predicted molar refractivity (Wildman–Crippen MR) is 115 cm³/mol. The van der Waals surface area contributed by atoms with Crippen molar-refractivity contribution in [2.75, 3.05) is 7.11 Å². The third-order valence-electron chi connectivity index (χ3n) is 4.65. The fourth-order valence-electron chi connectivity index (χ4n) is 3.01. The third-order valence-corrected chi connectivity index (χ3v) is 6.46. The molecule has 0 saturated heterocycles. The Hall–Kier alpha value is -3.05. The summed E-state index contributed by atoms with van der Waals surface area (Å²) in [6.07, 6.45) is 1.39. The zero-order valence-corrected chi connectivity index (χ0v) is 19.3. The molecule has 3 rings (SSSR count). The molecule has 176 valence electrons. The minimum Gasteiger partial charge on any atom is -0.497 e. The average Bonchev–Trinajstić information content (AvgIpc) is 3.17. The summed E-state index contributed by atoms with van der Waals surface area (Å²) >= 11 is 5.96. The summed E-state index contributed by atoms with van der Waals surface area (Å²) in [5.41, 5.74) is -0.869. The van der Waals surface area contributed by atoms with Crippen molar-refractivity contribution in [1.29, 1.82) is 0 Å². The highest BCUT2D eigenvalue weighted by Gasteiger charge is 2.27. The van der Waals surface area contributed by atoms with Crippen molar-refractivity contribution in [3.8, 4) is 11.4 Å². The minimum absolute atomic E-state index is 0.00798. The lowest BCUT2D eigenvalue weighted by Gasteiger charge is -2.14. The number of rotatable bonds is 7. The van der Waals surface area contributed by atoms with Gasteiger partial charge in [-0.3, -0.25) is 4.79 Å². The molecule has 33 heavy (non-hydrogen) atoms. The van der Waals surface area contributed by atoms with Crippen LogP contribution < -0.4 is 9.46 Å². The largest absolute Gasteiger partial charge is 0.497 e. The first-order valence-corrected chi connectivity index (χ1v) is 11.4. The van der Waals surface area contributed by atoms with E-state index in [0.29, 0.717) is 13.0 Å². The summed E-state index contributed by atoms with van der Waals surface area (Å²) in [5.74, 6) is -4.85. The number of amides is 1. The molecular weight excluding hydrogens is 483 g/mol. The maximum Gasteiger partial charge on any atom is 0.285 e. The van der Waals surface area contributed by atoms with Crippen molar-refractivity contribution >= 4 is 27.5 Å². The standard InChI is InChI=1S/C21H19ClF3N3O4S/c1-4-19-26-17(11-28(19)14-8-12(21(2,24)25)7-13(23)9-14)20(29)27-33(30,31)18-10-15(32-3)5-6-16(18)22/h5-11H,4H2,1-3H3,(H,27,29). The first-order chi connectivity index (χ1) is 15.4. The third kappa shape index (κ3) is 5.31. The van der Waals surface area contributed by atoms with Crippen LogP contribution in [-0.4, -0.2) is 31.0 Å². The van der Waals surface area contributed by atoms with Crippen molar-refractivity contribution < 1.29 is 31.1 Å². The number of aromatic nitrogens is 2. The Kier molecular flexibility index (Phi) is 6.75. The molecule has 1 heterocycles. The number of hydrogen-bond acceptors (Lipinski definition) is 5. The number of halogens is 4. The van der Waals surface area contributed by atoms with Gasteiger partial charge in [-0.25, -0.2) is 31.3 Å². The van der Waals surface area contributed by atoms with Crippen molar-refractivity contribution in [1.82, 2.24) is 14.3 Å². The fraction of sp³-hybridized carbons (Fsp3) is 0.238. The SMILES string of the molecule is CCc1nc(C(=O)NS(=O)(=O)c2cc(OC)ccc2Cl)cn1-c1cc(F)cc(C(C)(F)F)c1. The van der Waals surface area contributed by atoms with Gasteiger partial charge in [0, 0.05) is 31.2 Å². The summed E-state index contributed by atoms with van der Waals surface area (Å²) in [6.45, 7) is 2.32. The number of alkyl halides is 2. The smallest absolute Gasteiger partial charge is 0.285 e. The van der Waals surface area contributed by atoms with E-state index in [1.807, 2.05) is 4.72 Å². The average molecular weight is 502 g/mol. The van der Waals surface area contributed by atoms with Crippen LogP contribution in [0.3, 0.4) is 0 Å². The van der Waals surface area contributed by atoms with Crippen LogP contribution in [0.1, 0.15) is 35.7 Å². The first kappa shape index (κ1) is 24.6. The molecule has 0 unspecified atom stereocenters. The van der Waals surface area contributed by atoms with Crippen molar-refractivity contribution in [3.63, 3.8) is 0 Å². The Morgan fingerprint density at radius 3 is 2.55 bits per heavy atom. The van der Waals surface area contributed by atoms with E-state index in [0.717, 1.165) is 24.4 Å². The summed E-state index contributed by atoms with van der Waals surface area (Å²) in [4.78, 5) is 16.4. The van der Waals surface area contributed by atoms with E-state index >= 15 is 0 Å². The second-order valence-corrected chi connectivity index (χ2v) is 9.14. The number of hydrogen-bond donors (Lipinski definition) is 1. The van der Waals surface area contributed by atoms with Crippen LogP contribution in [0.5, 0.6) is 5.75 Å². The van der Waals surface area contributed by atoms with Crippen LogP contribution in [0.4, 0.5) is 13.2 Å². The van der Waals surface area contributed by atoms with Gasteiger partial charge in [0.1, 0.15) is 28.0 Å². The molecule has 0 aliphatic rings. The molecule has 7 nitrogen and oxygen atoms in total. The zero-order chi connectivity index (χ0) is 24.6. The van der Waals surface area contributed by atoms with E-state index < -0.39 is 33.2 Å². The predicted octanol–water partition coefficient (Wildman–Crippen LogP) is 4.47. The fourth-order valence-corrected chi connectivity index (χ4v) is 4.49. The monoisotopic (exact) mass is 501 g/mol. The van der Waals surface area contributed by atoms with Gasteiger partial charge in [0.25, 0.3) is 21.9 Å². The summed E-state index contributed by atoms with van der Waals surface area (Å²) < 4.78 is 75.0. The molecule has 1 aromatic heterocycles. The Bertz CT molecular complexity index is 1320. The molecule has 0 bridgehead atoms. The number of methoxy groups -OCH3 is 1. The number of nitrogens with one attached hydrogen (secondary N) is 1. The van der Waals surface area contributed by atoms with Crippen LogP contribution >= 0.6 is 11.6 Å². The van der Waals surface area contributed by atoms with Gasteiger partial charge in [0.15, 0.2) is 0 Å². The van der Waals surface area contributed by atoms with E-state index in [-0.39, 0.29) is 39.3 Å². The maximum atomic E-state index is 14.0. The first-order valence-electron chi connectivity index (χ1n) is 9.54. The summed E-state index contributed by atoms with van der Waals surface area (Å²) in [7, 11) is -3.06. The highest BCUT2D eigenvalue weighted by Crippen LogP contribution is 2.30. The second-order valence-electron chi connectivity index (χ2n) is 7.08. The number of nitrogens with zero attached hydrogens (tertiary/aromatic N) is 2. The Morgan fingerprint density at radius 1 is 1.24 bits per heavy atom. The Labute approximate surface area is 193 Å². The topological polar surface area (TPSA) is 90.3 Å². The van der Waals surface area contributed by atoms with Gasteiger partial charge in [0.05, 0.1) is 17.8 Å². The molecule has 0 radical (unpaired) electrons. The number of carbonyl (C=O) groups is 1. The van der Waals surface area contributed by atoms with Gasteiger partial charge >= 0.3 is 0 Å². The molecule has 0 fully saturated rings. The normalized spacial score (nSPS) is 12.0. The summed E-state index contributed by atoms with van der Waals surface area (Å²) in [6, 6.07) is 6.68. The highest BCUT2D eigenvalue weighted by molar-refractivity contribution is 7.90. The van der Waals surface area contributed by atoms with Gasteiger partial charge in [-0.1, -0.05) is 18.5 Å². The number of imidazole rings is 1. The number of carbonyl (C=O) groups excluding carboxylic acids is 1. The lowest BCUT2D eigenvalue weighted by molar-refractivity contribution is 0.0171. The van der Waals surface area contributed by atoms with Gasteiger partial charge in [0.2, 0.25) is 0 Å². The van der Waals surface area contributed by atoms with E-state index in [2.05, 4.69) is 4.98 Å².